The molecule has 0 aliphatic carbocycles. The van der Waals surface area contributed by atoms with Gasteiger partial charge in [-0.25, -0.2) is 13.1 Å². The van der Waals surface area contributed by atoms with Crippen LogP contribution in [0.1, 0.15) is 25.8 Å². The third-order valence-electron chi connectivity index (χ3n) is 2.55. The van der Waals surface area contributed by atoms with E-state index >= 15 is 0 Å². The van der Waals surface area contributed by atoms with E-state index < -0.39 is 16.1 Å². The number of benzene rings is 1. The van der Waals surface area contributed by atoms with Gasteiger partial charge in [0.2, 0.25) is 10.0 Å². The van der Waals surface area contributed by atoms with Crippen LogP contribution in [0.2, 0.25) is 0 Å². The summed E-state index contributed by atoms with van der Waals surface area (Å²) in [6.07, 6.45) is -0.216. The van der Waals surface area contributed by atoms with E-state index in [0.29, 0.717) is 6.42 Å². The molecule has 5 nitrogen and oxygen atoms in total. The molecule has 6 heteroatoms. The molecule has 1 rings (SSSR count). The summed E-state index contributed by atoms with van der Waals surface area (Å²) in [5.74, 6) is 0.283. The van der Waals surface area contributed by atoms with E-state index in [1.165, 1.54) is 12.1 Å². The van der Waals surface area contributed by atoms with E-state index in [2.05, 4.69) is 4.72 Å². The Morgan fingerprint density at radius 2 is 2.00 bits per heavy atom. The number of aliphatic hydroxyl groups is 1. The summed E-state index contributed by atoms with van der Waals surface area (Å²) in [5.41, 5.74) is 0.0911. The first-order valence-electron chi connectivity index (χ1n) is 6.03. The van der Waals surface area contributed by atoms with Crippen molar-refractivity contribution >= 4 is 10.0 Å². The summed E-state index contributed by atoms with van der Waals surface area (Å²) >= 11 is 0. The first kappa shape index (κ1) is 15.6. The van der Waals surface area contributed by atoms with Crippen molar-refractivity contribution in [2.45, 2.75) is 31.3 Å². The molecule has 1 aromatic rings. The van der Waals surface area contributed by atoms with Crippen molar-refractivity contribution in [2.75, 3.05) is 6.54 Å². The molecule has 1 unspecified atom stereocenters. The molecule has 0 aliphatic heterocycles. The minimum absolute atomic E-state index is 0.0553. The molecule has 19 heavy (non-hydrogen) atoms. The quantitative estimate of drug-likeness (QED) is 0.821. The van der Waals surface area contributed by atoms with Crippen LogP contribution >= 0.6 is 0 Å². The maximum absolute atomic E-state index is 12.0. The second-order valence-corrected chi connectivity index (χ2v) is 6.48. The third kappa shape index (κ3) is 4.63. The number of nitrogens with zero attached hydrogens (tertiary/aromatic N) is 1. The highest BCUT2D eigenvalue weighted by atomic mass is 32.2. The number of rotatable bonds is 6. The largest absolute Gasteiger partial charge is 0.392 e. The Morgan fingerprint density at radius 1 is 1.37 bits per heavy atom. The van der Waals surface area contributed by atoms with Gasteiger partial charge >= 0.3 is 0 Å². The van der Waals surface area contributed by atoms with E-state index in [1.54, 1.807) is 12.1 Å². The minimum Gasteiger partial charge on any atom is -0.392 e. The Kier molecular flexibility index (Phi) is 5.48. The average Bonchev–Trinajstić information content (AvgIpc) is 2.36. The Morgan fingerprint density at radius 3 is 2.58 bits per heavy atom. The highest BCUT2D eigenvalue weighted by Gasteiger charge is 2.19. The number of hydrogen-bond acceptors (Lipinski definition) is 4. The van der Waals surface area contributed by atoms with Crippen LogP contribution in [0.5, 0.6) is 0 Å². The number of aliphatic hydroxyl groups excluding tert-OH is 1. The molecule has 0 saturated carbocycles. The standard InChI is InChI=1S/C13H18N2O3S/c1-10(2)7-12(16)9-15-19(17,18)13-6-4-3-5-11(13)8-14/h3-6,10,12,15-16H,7,9H2,1-2H3. The Balaban J connectivity index is 2.80. The first-order valence-corrected chi connectivity index (χ1v) is 7.52. The van der Waals surface area contributed by atoms with E-state index in [1.807, 2.05) is 19.9 Å². The highest BCUT2D eigenvalue weighted by molar-refractivity contribution is 7.89. The fourth-order valence-electron chi connectivity index (χ4n) is 1.70. The smallest absolute Gasteiger partial charge is 0.241 e. The van der Waals surface area contributed by atoms with Gasteiger partial charge in [-0.1, -0.05) is 26.0 Å². The SMILES string of the molecule is CC(C)CC(O)CNS(=O)(=O)c1ccccc1C#N. The Labute approximate surface area is 113 Å². The highest BCUT2D eigenvalue weighted by Crippen LogP contribution is 2.14. The summed E-state index contributed by atoms with van der Waals surface area (Å²) in [6, 6.07) is 7.81. The average molecular weight is 282 g/mol. The van der Waals surface area contributed by atoms with Gasteiger partial charge in [-0.3, -0.25) is 0 Å². The normalized spacial score (nSPS) is 13.2. The molecule has 0 amide bonds. The van der Waals surface area contributed by atoms with E-state index in [0.717, 1.165) is 0 Å². The molecule has 2 N–H and O–H groups in total. The second kappa shape index (κ2) is 6.66. The lowest BCUT2D eigenvalue weighted by atomic mass is 10.1. The van der Waals surface area contributed by atoms with Gasteiger partial charge in [0.05, 0.1) is 16.6 Å². The van der Waals surface area contributed by atoms with Crippen molar-refractivity contribution in [1.82, 2.24) is 4.72 Å². The summed E-state index contributed by atoms with van der Waals surface area (Å²) in [7, 11) is -3.77. The predicted molar refractivity (Wildman–Crippen MR) is 71.8 cm³/mol. The molecular weight excluding hydrogens is 264 g/mol. The van der Waals surface area contributed by atoms with Crippen molar-refractivity contribution in [3.8, 4) is 6.07 Å². The van der Waals surface area contributed by atoms with Gasteiger partial charge in [-0.2, -0.15) is 5.26 Å². The molecule has 0 saturated heterocycles. The van der Waals surface area contributed by atoms with Gasteiger partial charge in [0, 0.05) is 6.54 Å². The predicted octanol–water partition coefficient (Wildman–Crippen LogP) is 1.24. The van der Waals surface area contributed by atoms with Crippen molar-refractivity contribution in [1.29, 1.82) is 5.26 Å². The van der Waals surface area contributed by atoms with Crippen LogP contribution in [0.3, 0.4) is 0 Å². The monoisotopic (exact) mass is 282 g/mol. The Hall–Kier alpha value is -1.42. The van der Waals surface area contributed by atoms with E-state index in [9.17, 15) is 13.5 Å². The lowest BCUT2D eigenvalue weighted by Crippen LogP contribution is -2.33. The fraction of sp³-hybridized carbons (Fsp3) is 0.462. The maximum Gasteiger partial charge on any atom is 0.241 e. The molecule has 0 bridgehead atoms. The van der Waals surface area contributed by atoms with Crippen LogP contribution in [0.25, 0.3) is 0 Å². The van der Waals surface area contributed by atoms with Gasteiger partial charge in [-0.15, -0.1) is 0 Å². The van der Waals surface area contributed by atoms with Crippen molar-refractivity contribution in [2.24, 2.45) is 5.92 Å². The molecule has 0 heterocycles. The van der Waals surface area contributed by atoms with Gasteiger partial charge in [-0.05, 0) is 24.5 Å². The Bertz CT molecular complexity index is 561. The number of nitriles is 1. The zero-order valence-electron chi connectivity index (χ0n) is 11.0. The summed E-state index contributed by atoms with van der Waals surface area (Å²) in [4.78, 5) is -0.0609. The molecule has 0 aromatic heterocycles. The second-order valence-electron chi connectivity index (χ2n) is 4.74. The van der Waals surface area contributed by atoms with Crippen molar-refractivity contribution in [3.63, 3.8) is 0 Å². The van der Waals surface area contributed by atoms with Crippen molar-refractivity contribution < 1.29 is 13.5 Å². The van der Waals surface area contributed by atoms with Gasteiger partial charge < -0.3 is 5.11 Å². The number of hydrogen-bond donors (Lipinski definition) is 2. The summed E-state index contributed by atoms with van der Waals surface area (Å²) < 4.78 is 26.4. The molecule has 104 valence electrons. The molecule has 0 aliphatic rings. The number of nitrogens with one attached hydrogen (secondary N) is 1. The van der Waals surface area contributed by atoms with E-state index in [4.69, 9.17) is 5.26 Å². The zero-order chi connectivity index (χ0) is 14.5. The maximum atomic E-state index is 12.0. The van der Waals surface area contributed by atoms with Crippen LogP contribution in [0, 0.1) is 17.2 Å². The minimum atomic E-state index is -3.77. The van der Waals surface area contributed by atoms with Crippen molar-refractivity contribution in [3.05, 3.63) is 29.8 Å². The summed E-state index contributed by atoms with van der Waals surface area (Å²) in [5, 5.41) is 18.6. The lowest BCUT2D eigenvalue weighted by molar-refractivity contribution is 0.152. The summed E-state index contributed by atoms with van der Waals surface area (Å²) in [6.45, 7) is 3.84. The van der Waals surface area contributed by atoms with Gasteiger partial charge in [0.25, 0.3) is 0 Å². The van der Waals surface area contributed by atoms with Crippen LogP contribution in [-0.4, -0.2) is 26.2 Å². The number of sulfonamides is 1. The topological polar surface area (TPSA) is 90.2 Å². The lowest BCUT2D eigenvalue weighted by Gasteiger charge is -2.14. The van der Waals surface area contributed by atoms with Gasteiger partial charge in [0.15, 0.2) is 0 Å². The molecule has 1 atom stereocenters. The molecular formula is C13H18N2O3S. The third-order valence-corrected chi connectivity index (χ3v) is 4.03. The van der Waals surface area contributed by atoms with Gasteiger partial charge in [0.1, 0.15) is 6.07 Å². The van der Waals surface area contributed by atoms with Crippen LogP contribution in [0.15, 0.2) is 29.2 Å². The van der Waals surface area contributed by atoms with Crippen LogP contribution in [0.4, 0.5) is 0 Å². The molecule has 0 spiro atoms. The molecule has 0 fully saturated rings. The zero-order valence-corrected chi connectivity index (χ0v) is 11.8. The van der Waals surface area contributed by atoms with E-state index in [-0.39, 0.29) is 22.9 Å². The van der Waals surface area contributed by atoms with Crippen LogP contribution < -0.4 is 4.72 Å². The fourth-order valence-corrected chi connectivity index (χ4v) is 2.93. The first-order chi connectivity index (χ1) is 8.86. The molecule has 1 aromatic carbocycles. The molecule has 0 radical (unpaired) electrons. The van der Waals surface area contributed by atoms with Crippen LogP contribution in [-0.2, 0) is 10.0 Å².